The maximum atomic E-state index is 10.4. The monoisotopic (exact) mass is 304 g/mol. The van der Waals surface area contributed by atoms with Gasteiger partial charge in [-0.3, -0.25) is 0 Å². The lowest BCUT2D eigenvalue weighted by Crippen LogP contribution is -2.12. The first-order chi connectivity index (χ1) is 10.7. The molecule has 0 spiro atoms. The number of hydrogen-bond acceptors (Lipinski definition) is 2. The molecule has 0 aliphatic carbocycles. The van der Waals surface area contributed by atoms with Crippen molar-refractivity contribution in [1.29, 1.82) is 0 Å². The van der Waals surface area contributed by atoms with Crippen LogP contribution in [0.15, 0.2) is 0 Å². The Labute approximate surface area is 135 Å². The summed E-state index contributed by atoms with van der Waals surface area (Å²) in [5.41, 5.74) is 8.41. The molecule has 1 unspecified atom stereocenters. The van der Waals surface area contributed by atoms with Crippen LogP contribution in [0, 0.1) is 0 Å². The van der Waals surface area contributed by atoms with E-state index >= 15 is 0 Å². The van der Waals surface area contributed by atoms with Gasteiger partial charge in [-0.25, -0.2) is 0 Å². The van der Waals surface area contributed by atoms with Gasteiger partial charge in [0.15, 0.2) is 6.29 Å². The fourth-order valence-corrected chi connectivity index (χ4v) is 3.95. The summed E-state index contributed by atoms with van der Waals surface area (Å²) in [7, 11) is 0. The Hall–Kier alpha value is -0.860. The molecule has 22 heavy (non-hydrogen) atoms. The zero-order valence-electron chi connectivity index (χ0n) is 14.8. The maximum Gasteiger partial charge on any atom is 0.182 e. The van der Waals surface area contributed by atoms with E-state index < -0.39 is 6.29 Å². The predicted octanol–water partition coefficient (Wildman–Crippen LogP) is 5.02. The summed E-state index contributed by atoms with van der Waals surface area (Å²) < 4.78 is 5.62. The fraction of sp³-hybridized carbons (Fsp3) is 0.700. The summed E-state index contributed by atoms with van der Waals surface area (Å²) in [6.45, 7) is 9.58. The highest BCUT2D eigenvalue weighted by molar-refractivity contribution is 5.54. The van der Waals surface area contributed by atoms with Crippen LogP contribution in [0.3, 0.4) is 0 Å². The molecular formula is C20H32O2. The van der Waals surface area contributed by atoms with Gasteiger partial charge >= 0.3 is 0 Å². The van der Waals surface area contributed by atoms with Crippen molar-refractivity contribution in [3.05, 3.63) is 33.4 Å². The number of benzene rings is 1. The Kier molecular flexibility index (Phi) is 6.46. The molecule has 1 atom stereocenters. The zero-order chi connectivity index (χ0) is 16.1. The molecule has 1 aromatic carbocycles. The molecule has 2 nitrogen and oxygen atoms in total. The summed E-state index contributed by atoms with van der Waals surface area (Å²) in [6.07, 6.45) is 8.35. The van der Waals surface area contributed by atoms with E-state index in [0.29, 0.717) is 6.61 Å². The van der Waals surface area contributed by atoms with Crippen LogP contribution >= 0.6 is 0 Å². The lowest BCUT2D eigenvalue weighted by atomic mass is 9.81. The highest BCUT2D eigenvalue weighted by Crippen LogP contribution is 2.40. The molecule has 0 saturated carbocycles. The van der Waals surface area contributed by atoms with Crippen LogP contribution in [0.4, 0.5) is 0 Å². The van der Waals surface area contributed by atoms with Crippen LogP contribution in [-0.4, -0.2) is 5.11 Å². The van der Waals surface area contributed by atoms with E-state index in [4.69, 9.17) is 4.74 Å². The summed E-state index contributed by atoms with van der Waals surface area (Å²) in [4.78, 5) is 0. The Balaban J connectivity index is 2.71. The lowest BCUT2D eigenvalue weighted by Gasteiger charge is -2.24. The van der Waals surface area contributed by atoms with Gasteiger partial charge in [-0.15, -0.1) is 0 Å². The number of aliphatic hydroxyl groups excluding tert-OH is 1. The highest BCUT2D eigenvalue weighted by atomic mass is 16.6. The standard InChI is InChI=1S/C20H32O2/c1-5-9-14-15(10-6-2)17(12-8-4)19-18(13-22-20(19)21)16(14)11-7-3/h20-21H,5-13H2,1-4H3. The molecule has 0 amide bonds. The van der Waals surface area contributed by atoms with E-state index in [2.05, 4.69) is 27.7 Å². The molecule has 2 heteroatoms. The lowest BCUT2D eigenvalue weighted by molar-refractivity contribution is -0.0922. The van der Waals surface area contributed by atoms with Crippen LogP contribution in [0.2, 0.25) is 0 Å². The average molecular weight is 304 g/mol. The topological polar surface area (TPSA) is 29.5 Å². The molecule has 0 fully saturated rings. The molecule has 1 heterocycles. The predicted molar refractivity (Wildman–Crippen MR) is 92.2 cm³/mol. The quantitative estimate of drug-likeness (QED) is 0.731. The maximum absolute atomic E-state index is 10.4. The van der Waals surface area contributed by atoms with Gasteiger partial charge in [-0.1, -0.05) is 53.4 Å². The molecule has 2 rings (SSSR count). The minimum Gasteiger partial charge on any atom is -0.364 e. The smallest absolute Gasteiger partial charge is 0.182 e. The first kappa shape index (κ1) is 17.5. The Morgan fingerprint density at radius 1 is 0.773 bits per heavy atom. The van der Waals surface area contributed by atoms with Crippen LogP contribution in [0.1, 0.15) is 93.0 Å². The second-order valence-electron chi connectivity index (χ2n) is 6.47. The Bertz CT molecular complexity index is 505. The van der Waals surface area contributed by atoms with Crippen molar-refractivity contribution < 1.29 is 9.84 Å². The number of aliphatic hydroxyl groups is 1. The summed E-state index contributed by atoms with van der Waals surface area (Å²) in [5.74, 6) is 0. The van der Waals surface area contributed by atoms with Gasteiger partial charge < -0.3 is 9.84 Å². The third-order valence-corrected chi connectivity index (χ3v) is 4.74. The van der Waals surface area contributed by atoms with Crippen LogP contribution in [0.25, 0.3) is 0 Å². The van der Waals surface area contributed by atoms with E-state index in [1.807, 2.05) is 0 Å². The van der Waals surface area contributed by atoms with Gasteiger partial charge in [0.25, 0.3) is 0 Å². The van der Waals surface area contributed by atoms with Gasteiger partial charge in [0, 0.05) is 5.56 Å². The highest BCUT2D eigenvalue weighted by Gasteiger charge is 2.30. The van der Waals surface area contributed by atoms with Crippen molar-refractivity contribution in [1.82, 2.24) is 0 Å². The van der Waals surface area contributed by atoms with Crippen molar-refractivity contribution in [3.63, 3.8) is 0 Å². The number of rotatable bonds is 8. The minimum atomic E-state index is -0.710. The first-order valence-electron chi connectivity index (χ1n) is 9.17. The van der Waals surface area contributed by atoms with E-state index in [9.17, 15) is 5.11 Å². The number of ether oxygens (including phenoxy) is 1. The molecular weight excluding hydrogens is 272 g/mol. The van der Waals surface area contributed by atoms with E-state index in [1.54, 1.807) is 5.56 Å². The molecule has 1 aliphatic heterocycles. The largest absolute Gasteiger partial charge is 0.364 e. The van der Waals surface area contributed by atoms with Crippen molar-refractivity contribution in [2.24, 2.45) is 0 Å². The van der Waals surface area contributed by atoms with E-state index in [-0.39, 0.29) is 0 Å². The first-order valence-corrected chi connectivity index (χ1v) is 9.17. The molecule has 1 aliphatic rings. The van der Waals surface area contributed by atoms with Crippen LogP contribution in [-0.2, 0) is 37.0 Å². The van der Waals surface area contributed by atoms with E-state index in [1.165, 1.54) is 28.7 Å². The SMILES string of the molecule is CCCc1c(CCC)c(CCC)c2c(c1CCC)COC2O. The molecule has 124 valence electrons. The Morgan fingerprint density at radius 3 is 1.77 bits per heavy atom. The van der Waals surface area contributed by atoms with Crippen molar-refractivity contribution in [2.75, 3.05) is 0 Å². The third-order valence-electron chi connectivity index (χ3n) is 4.74. The Morgan fingerprint density at radius 2 is 1.23 bits per heavy atom. The van der Waals surface area contributed by atoms with Gasteiger partial charge in [-0.2, -0.15) is 0 Å². The van der Waals surface area contributed by atoms with Crippen LogP contribution < -0.4 is 0 Å². The average Bonchev–Trinajstić information content (AvgIpc) is 2.88. The summed E-state index contributed by atoms with van der Waals surface area (Å²) in [6, 6.07) is 0. The normalized spacial score (nSPS) is 17.0. The van der Waals surface area contributed by atoms with Crippen LogP contribution in [0.5, 0.6) is 0 Å². The second kappa shape index (κ2) is 8.12. The zero-order valence-corrected chi connectivity index (χ0v) is 14.8. The number of hydrogen-bond donors (Lipinski definition) is 1. The van der Waals surface area contributed by atoms with Gasteiger partial charge in [0.05, 0.1) is 6.61 Å². The van der Waals surface area contributed by atoms with Gasteiger partial charge in [0.1, 0.15) is 0 Å². The van der Waals surface area contributed by atoms with Gasteiger partial charge in [0.2, 0.25) is 0 Å². The van der Waals surface area contributed by atoms with Crippen molar-refractivity contribution in [3.8, 4) is 0 Å². The summed E-state index contributed by atoms with van der Waals surface area (Å²) in [5, 5.41) is 10.4. The van der Waals surface area contributed by atoms with Crippen molar-refractivity contribution >= 4 is 0 Å². The minimum absolute atomic E-state index is 0.589. The molecule has 0 bridgehead atoms. The van der Waals surface area contributed by atoms with E-state index in [0.717, 1.165) is 50.5 Å². The summed E-state index contributed by atoms with van der Waals surface area (Å²) >= 11 is 0. The van der Waals surface area contributed by atoms with Crippen molar-refractivity contribution in [2.45, 2.75) is 92.0 Å². The third kappa shape index (κ3) is 3.23. The fourth-order valence-electron chi connectivity index (χ4n) is 3.95. The number of fused-ring (bicyclic) bond motifs is 1. The molecule has 0 aromatic heterocycles. The molecule has 1 N–H and O–H groups in total. The molecule has 0 radical (unpaired) electrons. The molecule has 1 aromatic rings. The van der Waals surface area contributed by atoms with Gasteiger partial charge in [-0.05, 0) is 53.5 Å². The molecule has 0 saturated heterocycles. The second-order valence-corrected chi connectivity index (χ2v) is 6.47.